The van der Waals surface area contributed by atoms with Crippen LogP contribution in [0.15, 0.2) is 121 Å². The van der Waals surface area contributed by atoms with E-state index in [4.69, 9.17) is 73.6 Å². The van der Waals surface area contributed by atoms with Gasteiger partial charge in [-0.3, -0.25) is 55.7 Å². The lowest BCUT2D eigenvalue weighted by molar-refractivity contribution is -0.193. The van der Waals surface area contributed by atoms with Crippen molar-refractivity contribution in [2.45, 2.75) is 90.4 Å². The van der Waals surface area contributed by atoms with Gasteiger partial charge in [-0.1, -0.05) is 54.0 Å². The number of rotatable bonds is 19. The first kappa shape index (κ1) is 116. The zero-order valence-electron chi connectivity index (χ0n) is 80.7. The number of alkyl halides is 12. The Kier molecular flexibility index (Phi) is 40.5. The summed E-state index contributed by atoms with van der Waals surface area (Å²) in [5, 5.41) is 60.0. The van der Waals surface area contributed by atoms with E-state index in [1.165, 1.54) is 54.7 Å². The van der Waals surface area contributed by atoms with Gasteiger partial charge in [0, 0.05) is 138 Å². The van der Waals surface area contributed by atoms with Crippen LogP contribution in [0, 0.1) is 54.3 Å². The first-order valence-electron chi connectivity index (χ1n) is 44.1. The lowest BCUT2D eigenvalue weighted by atomic mass is 10.2. The van der Waals surface area contributed by atoms with Crippen molar-refractivity contribution < 1.29 is 131 Å². The molecule has 149 heavy (non-hydrogen) atoms. The van der Waals surface area contributed by atoms with E-state index in [1.807, 2.05) is 70.8 Å². The maximum atomic E-state index is 13.3. The van der Waals surface area contributed by atoms with E-state index < -0.39 is 60.5 Å². The van der Waals surface area contributed by atoms with Crippen LogP contribution in [0.1, 0.15) is 54.0 Å². The smallest absolute Gasteiger partial charge is 0.478 e. The molecule has 0 aliphatic carbocycles. The second-order valence-electron chi connectivity index (χ2n) is 31.1. The fourth-order valence-electron chi connectivity index (χ4n) is 13.7. The quantitative estimate of drug-likeness (QED) is 0.0206. The number of carbonyl (C=O) groups is 6. The van der Waals surface area contributed by atoms with Gasteiger partial charge in [-0.25, -0.2) is 28.8 Å². The third kappa shape index (κ3) is 30.9. The number of aryl methyl sites for hydroxylation is 1. The molecule has 0 saturated carbocycles. The topological polar surface area (TPSA) is 533 Å². The van der Waals surface area contributed by atoms with Crippen molar-refractivity contribution in [2.75, 3.05) is 131 Å². The van der Waals surface area contributed by atoms with Crippen molar-refractivity contribution in [3.8, 4) is 94.4 Å². The number of nitrogens with one attached hydrogen (secondary N) is 4. The fraction of sp³-hybridized carbons (Fsp3) is 0.370. The van der Waals surface area contributed by atoms with Crippen LogP contribution < -0.4 is 82.1 Å². The lowest BCUT2D eigenvalue weighted by Crippen LogP contribution is -2.44. The number of piperazine rings is 4. The zero-order chi connectivity index (χ0) is 110. The molecule has 12 heterocycles. The van der Waals surface area contributed by atoms with Crippen LogP contribution >= 0.6 is 11.8 Å². The van der Waals surface area contributed by atoms with Gasteiger partial charge < -0.3 is 90.5 Å². The SMILES string of the molecule is CC#CCn1c(N2CCNCC2)nc2nc(Oc3ccc(C(=O)O)cc3)n(C)c(=O)c21.CC#CCn1c(N2CCNCC2)nc2nc(Oc3cccc(C(=O)O)c3)n(C)c(=O)c21.CC#CCn1c(N2CCNCC2)nc2nc(Oc3cccc(C)c3)n(C)c(=O)c21.CC#CCn1c(N2CCNCC2)nc2nc(Oc3ccccc3SC)n(C)c(=O)c21.O=C(O)C(F)(F)F.O=C(O)C(F)(F)F.O=C(O)C(F)(F)F.O=C(O)C(F)(F)F. The number of ether oxygens (including phenoxy) is 4. The molecule has 12 aromatic rings. The molecule has 0 atom stereocenters. The van der Waals surface area contributed by atoms with E-state index >= 15 is 0 Å². The van der Waals surface area contributed by atoms with Crippen LogP contribution in [-0.2, 0) is 73.5 Å². The van der Waals surface area contributed by atoms with Gasteiger partial charge in [0.15, 0.2) is 44.7 Å². The third-order valence-electron chi connectivity index (χ3n) is 21.0. The third-order valence-corrected chi connectivity index (χ3v) is 21.8. The summed E-state index contributed by atoms with van der Waals surface area (Å²) in [6, 6.07) is 27.7. The summed E-state index contributed by atoms with van der Waals surface area (Å²) in [6.45, 7) is 23.6. The van der Waals surface area contributed by atoms with E-state index in [0.717, 1.165) is 127 Å². The van der Waals surface area contributed by atoms with Crippen LogP contribution in [0.2, 0.25) is 0 Å². The van der Waals surface area contributed by atoms with Gasteiger partial charge in [-0.05, 0) is 113 Å². The number of para-hydroxylation sites is 1. The molecule has 44 nitrogen and oxygen atoms in total. The molecule has 4 fully saturated rings. The van der Waals surface area contributed by atoms with Crippen molar-refractivity contribution in [1.82, 2.24) is 97.7 Å². The molecule has 16 rings (SSSR count). The number of benzene rings is 4. The van der Waals surface area contributed by atoms with Gasteiger partial charge in [0.2, 0.25) is 23.8 Å². The van der Waals surface area contributed by atoms with Crippen LogP contribution in [0.3, 0.4) is 0 Å². The number of aliphatic carboxylic acids is 4. The van der Waals surface area contributed by atoms with E-state index in [0.29, 0.717) is 88.7 Å². The molecule has 4 aromatic carbocycles. The Morgan fingerprint density at radius 2 is 0.611 bits per heavy atom. The maximum absolute atomic E-state index is 13.3. The Morgan fingerprint density at radius 1 is 0.349 bits per heavy atom. The van der Waals surface area contributed by atoms with Gasteiger partial charge >= 0.3 is 84.6 Å². The number of anilines is 4. The van der Waals surface area contributed by atoms with Crippen LogP contribution in [0.25, 0.3) is 44.7 Å². The Labute approximate surface area is 839 Å². The molecular weight excluding hydrogens is 2020 g/mol. The molecule has 0 radical (unpaired) electrons. The van der Waals surface area contributed by atoms with Crippen molar-refractivity contribution in [3.63, 3.8) is 0 Å². The van der Waals surface area contributed by atoms with E-state index in [2.05, 4.69) is 118 Å². The molecule has 4 saturated heterocycles. The summed E-state index contributed by atoms with van der Waals surface area (Å²) >= 11 is 1.58. The first-order valence-corrected chi connectivity index (χ1v) is 45.3. The van der Waals surface area contributed by atoms with Crippen LogP contribution in [0.4, 0.5) is 76.5 Å². The van der Waals surface area contributed by atoms with Gasteiger partial charge in [-0.2, -0.15) is 92.6 Å². The highest BCUT2D eigenvalue weighted by molar-refractivity contribution is 7.98. The second-order valence-corrected chi connectivity index (χ2v) is 32.0. The molecule has 0 bridgehead atoms. The summed E-state index contributed by atoms with van der Waals surface area (Å²) in [6.07, 6.45) is -18.4. The number of carboxylic acid groups (broad SMARTS) is 6. The minimum atomic E-state index is -5.08. The Hall–Kier alpha value is -16.9. The van der Waals surface area contributed by atoms with Crippen molar-refractivity contribution >= 4 is 116 Å². The van der Waals surface area contributed by atoms with Gasteiger partial charge in [-0.15, -0.1) is 35.4 Å². The Balaban J connectivity index is 0.000000202. The highest BCUT2D eigenvalue weighted by Gasteiger charge is 2.41. The van der Waals surface area contributed by atoms with Crippen LogP contribution in [-0.4, -0.2) is 279 Å². The highest BCUT2D eigenvalue weighted by atomic mass is 32.2. The minimum absolute atomic E-state index is 0.0260. The number of thioether (sulfide) groups is 1. The Bertz CT molecular complexity index is 7300. The van der Waals surface area contributed by atoms with Crippen LogP contribution in [0.5, 0.6) is 47.0 Å². The molecule has 4 aliphatic heterocycles. The van der Waals surface area contributed by atoms with Gasteiger partial charge in [0.25, 0.3) is 22.2 Å². The second kappa shape index (κ2) is 52.2. The summed E-state index contributed by atoms with van der Waals surface area (Å²) < 4.78 is 163. The molecule has 0 amide bonds. The monoisotopic (exact) mass is 2120 g/mol. The van der Waals surface area contributed by atoms with E-state index in [1.54, 1.807) is 88.9 Å². The number of hydrogen-bond donors (Lipinski definition) is 10. The standard InChI is InChI=1S/2C21H22N6O4.C21H24N6O2S.C21H24N6O2.4C2HF3O2/c1-3-4-11-27-16-17(23-20(27)26-12-9-22-10-13-26)24-21(25(2)18(16)28)31-15-7-5-14(6-8-15)19(29)30;1-3-4-10-27-16-17(23-20(27)26-11-8-22-9-12-26)24-21(25(2)18(16)28)31-15-7-5-6-14(13-15)19(29)30;1-4-5-12-27-17-18(23-20(27)26-13-10-22-11-14-26)24-21(25(2)19(17)28)29-15-8-6-7-9-16(15)30-3;1-4-5-11-27-17-18(23-20(27)26-12-9-22-10-13-26)24-21(25(3)19(17)28)29-16-8-6-7-15(2)14-16;4*3-2(4,5)1(6)7/h5-8,22H,9-13H2,1-2H3,(H,29,30);5-7,13,22H,8-12H2,1-2H3,(H,29,30);6-9,22H,10-14H2,1-3H3;6-8,14,22H,9-13H2,1-3H3;4*(H,6,7). The number of imidazole rings is 4. The molecular formula is C92H96F12N24O20S. The zero-order valence-corrected chi connectivity index (χ0v) is 81.5. The van der Waals surface area contributed by atoms with Gasteiger partial charge in [0.1, 0.15) is 23.0 Å². The Morgan fingerprint density at radius 3 is 0.872 bits per heavy atom. The molecule has 0 spiro atoms. The number of aromatic nitrogens is 16. The molecule has 794 valence electrons. The number of nitrogens with zero attached hydrogens (tertiary/aromatic N) is 20. The summed E-state index contributed by atoms with van der Waals surface area (Å²) in [7, 11) is 6.45. The number of carboxylic acids is 6. The van der Waals surface area contributed by atoms with Gasteiger partial charge in [0.05, 0.1) is 37.3 Å². The maximum Gasteiger partial charge on any atom is 0.490 e. The predicted octanol–water partition coefficient (Wildman–Crippen LogP) is 8.38. The average molecular weight is 2120 g/mol. The highest BCUT2D eigenvalue weighted by Crippen LogP contribution is 2.34. The summed E-state index contributed by atoms with van der Waals surface area (Å²) in [5.41, 5.74) is 3.17. The first-order chi connectivity index (χ1) is 70.5. The minimum Gasteiger partial charge on any atom is -0.478 e. The largest absolute Gasteiger partial charge is 0.490 e. The average Bonchev–Trinajstić information content (AvgIpc) is 1.62. The summed E-state index contributed by atoms with van der Waals surface area (Å²) in [4.78, 5) is 157. The molecule has 57 heteroatoms. The number of aromatic carboxylic acids is 2. The molecule has 10 N–H and O–H groups in total. The van der Waals surface area contributed by atoms with Crippen molar-refractivity contribution in [3.05, 3.63) is 155 Å². The molecule has 4 aliphatic rings. The number of hydrogen-bond acceptors (Lipinski definition) is 31. The number of fused-ring (bicyclic) bond motifs is 4. The molecule has 0 unspecified atom stereocenters. The molecule has 8 aromatic heterocycles. The van der Waals surface area contributed by atoms with Crippen molar-refractivity contribution in [2.24, 2.45) is 28.2 Å². The van der Waals surface area contributed by atoms with E-state index in [9.17, 15) is 86.6 Å². The summed E-state index contributed by atoms with van der Waals surface area (Å²) in [5.74, 6) is 15.2. The number of halogens is 12. The lowest BCUT2D eigenvalue weighted by Gasteiger charge is -2.28. The fourth-order valence-corrected chi connectivity index (χ4v) is 14.2. The normalized spacial score (nSPS) is 13.3. The van der Waals surface area contributed by atoms with Crippen molar-refractivity contribution in [1.29, 1.82) is 0 Å². The van der Waals surface area contributed by atoms with E-state index in [-0.39, 0.29) is 74.4 Å². The predicted molar refractivity (Wildman–Crippen MR) is 516 cm³/mol.